The number of thiophene rings is 1. The second-order valence-electron chi connectivity index (χ2n) is 3.91. The van der Waals surface area contributed by atoms with Gasteiger partial charge in [0.25, 0.3) is 0 Å². The fourth-order valence-corrected chi connectivity index (χ4v) is 2.49. The van der Waals surface area contributed by atoms with Gasteiger partial charge in [0.1, 0.15) is 5.75 Å². The van der Waals surface area contributed by atoms with Crippen molar-refractivity contribution in [3.05, 3.63) is 40.8 Å². The zero-order valence-electron chi connectivity index (χ0n) is 9.82. The van der Waals surface area contributed by atoms with Crippen molar-refractivity contribution in [1.29, 1.82) is 0 Å². The highest BCUT2D eigenvalue weighted by Crippen LogP contribution is 2.32. The number of aryl methyl sites for hydroxylation is 1. The molecule has 19 heavy (non-hydrogen) atoms. The number of hydrogen-bond acceptors (Lipinski definition) is 3. The summed E-state index contributed by atoms with van der Waals surface area (Å²) in [5.74, 6) is -0.487. The first kappa shape index (κ1) is 13.6. The Morgan fingerprint density at radius 3 is 2.53 bits per heavy atom. The number of ether oxygens (including phenoxy) is 1. The third-order valence-corrected chi connectivity index (χ3v) is 3.47. The minimum Gasteiger partial charge on any atom is -0.405 e. The van der Waals surface area contributed by atoms with Gasteiger partial charge in [-0.1, -0.05) is 0 Å². The maximum atomic E-state index is 12.1. The molecule has 1 heterocycles. The van der Waals surface area contributed by atoms with E-state index >= 15 is 0 Å². The van der Waals surface area contributed by atoms with E-state index in [1.807, 2.05) is 18.4 Å². The molecule has 0 unspecified atom stereocenters. The van der Waals surface area contributed by atoms with Gasteiger partial charge in [-0.2, -0.15) is 0 Å². The van der Waals surface area contributed by atoms with E-state index in [0.717, 1.165) is 16.5 Å². The lowest BCUT2D eigenvalue weighted by molar-refractivity contribution is -0.274. The van der Waals surface area contributed by atoms with Crippen molar-refractivity contribution in [1.82, 2.24) is 0 Å². The first-order valence-corrected chi connectivity index (χ1v) is 6.17. The maximum absolute atomic E-state index is 12.1. The lowest BCUT2D eigenvalue weighted by atomic mass is 10.1. The molecule has 6 heteroatoms. The average molecular weight is 286 g/mol. The van der Waals surface area contributed by atoms with Crippen LogP contribution in [0, 0.1) is 6.92 Å². The highest BCUT2D eigenvalue weighted by molar-refractivity contribution is 7.13. The number of carbonyl (C=O) groups excluding carboxylic acids is 1. The molecule has 1 aromatic heterocycles. The van der Waals surface area contributed by atoms with E-state index in [9.17, 15) is 18.0 Å². The summed E-state index contributed by atoms with van der Waals surface area (Å²) in [6, 6.07) is 5.94. The average Bonchev–Trinajstić information content (AvgIpc) is 2.74. The van der Waals surface area contributed by atoms with Crippen LogP contribution in [0.4, 0.5) is 13.2 Å². The topological polar surface area (TPSA) is 26.3 Å². The van der Waals surface area contributed by atoms with Crippen LogP contribution < -0.4 is 4.74 Å². The van der Waals surface area contributed by atoms with Gasteiger partial charge in [0.05, 0.1) is 5.56 Å². The minimum absolute atomic E-state index is 0.124. The molecule has 0 bridgehead atoms. The molecular weight excluding hydrogens is 277 g/mol. The molecule has 0 saturated heterocycles. The molecule has 0 amide bonds. The molecule has 0 radical (unpaired) electrons. The van der Waals surface area contributed by atoms with E-state index in [0.29, 0.717) is 11.8 Å². The van der Waals surface area contributed by atoms with Crippen LogP contribution in [0.1, 0.15) is 15.9 Å². The first-order chi connectivity index (χ1) is 8.89. The molecule has 0 spiro atoms. The van der Waals surface area contributed by atoms with Crippen molar-refractivity contribution in [2.24, 2.45) is 0 Å². The summed E-state index contributed by atoms with van der Waals surface area (Å²) in [6.07, 6.45) is -4.45. The van der Waals surface area contributed by atoms with E-state index in [1.165, 1.54) is 23.5 Å². The van der Waals surface area contributed by atoms with Crippen molar-refractivity contribution < 1.29 is 22.7 Å². The third-order valence-electron chi connectivity index (χ3n) is 2.38. The van der Waals surface area contributed by atoms with Crippen molar-refractivity contribution in [3.8, 4) is 16.2 Å². The van der Waals surface area contributed by atoms with Crippen molar-refractivity contribution >= 4 is 17.6 Å². The molecule has 2 aromatic rings. The molecule has 0 aliphatic rings. The molecule has 2 nitrogen and oxygen atoms in total. The summed E-state index contributed by atoms with van der Waals surface area (Å²) in [6.45, 7) is 1.92. The zero-order chi connectivity index (χ0) is 14.0. The molecule has 1 aromatic carbocycles. The SMILES string of the molecule is Cc1csc(-c2ccc(OC(F)(F)F)c(C=O)c2)c1. The van der Waals surface area contributed by atoms with Crippen LogP contribution >= 0.6 is 11.3 Å². The van der Waals surface area contributed by atoms with Crippen molar-refractivity contribution in [2.45, 2.75) is 13.3 Å². The van der Waals surface area contributed by atoms with Gasteiger partial charge in [0, 0.05) is 4.88 Å². The number of halogens is 3. The predicted molar refractivity (Wildman–Crippen MR) is 66.6 cm³/mol. The first-order valence-electron chi connectivity index (χ1n) is 5.29. The largest absolute Gasteiger partial charge is 0.573 e. The molecule has 0 aliphatic heterocycles. The molecule has 0 aliphatic carbocycles. The standard InChI is InChI=1S/C13H9F3O2S/c1-8-4-12(19-7-8)9-2-3-11(10(5-9)6-17)18-13(14,15)16/h2-7H,1H3. The van der Waals surface area contributed by atoms with E-state index in [-0.39, 0.29) is 5.56 Å². The molecule has 0 N–H and O–H groups in total. The molecule has 2 rings (SSSR count). The highest BCUT2D eigenvalue weighted by atomic mass is 32.1. The minimum atomic E-state index is -4.81. The molecule has 0 saturated carbocycles. The Balaban J connectivity index is 2.38. The maximum Gasteiger partial charge on any atom is 0.573 e. The van der Waals surface area contributed by atoms with Crippen LogP contribution in [0.2, 0.25) is 0 Å². The van der Waals surface area contributed by atoms with Crippen LogP contribution in [0.25, 0.3) is 10.4 Å². The fourth-order valence-electron chi connectivity index (χ4n) is 1.59. The van der Waals surface area contributed by atoms with Gasteiger partial charge in [0.2, 0.25) is 0 Å². The van der Waals surface area contributed by atoms with Gasteiger partial charge in [-0.3, -0.25) is 4.79 Å². The summed E-state index contributed by atoms with van der Waals surface area (Å²) in [5, 5.41) is 1.93. The molecule has 100 valence electrons. The van der Waals surface area contributed by atoms with Gasteiger partial charge >= 0.3 is 6.36 Å². The van der Waals surface area contributed by atoms with Gasteiger partial charge < -0.3 is 4.74 Å². The third kappa shape index (κ3) is 3.35. The number of benzene rings is 1. The number of aldehydes is 1. The number of hydrogen-bond donors (Lipinski definition) is 0. The van der Waals surface area contributed by atoms with Crippen LogP contribution in [0.5, 0.6) is 5.75 Å². The summed E-state index contributed by atoms with van der Waals surface area (Å²) < 4.78 is 40.2. The second-order valence-corrected chi connectivity index (χ2v) is 4.82. The fraction of sp³-hybridized carbons (Fsp3) is 0.154. The van der Waals surface area contributed by atoms with Crippen molar-refractivity contribution in [3.63, 3.8) is 0 Å². The van der Waals surface area contributed by atoms with Gasteiger partial charge in [-0.05, 0) is 47.7 Å². The number of rotatable bonds is 3. The smallest absolute Gasteiger partial charge is 0.405 e. The van der Waals surface area contributed by atoms with E-state index < -0.39 is 12.1 Å². The lowest BCUT2D eigenvalue weighted by Gasteiger charge is -2.11. The van der Waals surface area contributed by atoms with Gasteiger partial charge in [0.15, 0.2) is 6.29 Å². The van der Waals surface area contributed by atoms with E-state index in [2.05, 4.69) is 4.74 Å². The Morgan fingerprint density at radius 2 is 2.00 bits per heavy atom. The van der Waals surface area contributed by atoms with E-state index in [4.69, 9.17) is 0 Å². The monoisotopic (exact) mass is 286 g/mol. The number of carbonyl (C=O) groups is 1. The van der Waals surface area contributed by atoms with Crippen molar-refractivity contribution in [2.75, 3.05) is 0 Å². The summed E-state index contributed by atoms with van der Waals surface area (Å²) in [4.78, 5) is 11.7. The highest BCUT2D eigenvalue weighted by Gasteiger charge is 2.32. The quantitative estimate of drug-likeness (QED) is 0.780. The Labute approximate surface area is 111 Å². The molecule has 0 fully saturated rings. The Hall–Kier alpha value is -1.82. The van der Waals surface area contributed by atoms with Gasteiger partial charge in [-0.15, -0.1) is 24.5 Å². The lowest BCUT2D eigenvalue weighted by Crippen LogP contribution is -2.18. The normalized spacial score (nSPS) is 11.4. The summed E-state index contributed by atoms with van der Waals surface area (Å²) in [5.41, 5.74) is 1.62. The van der Waals surface area contributed by atoms with Crippen LogP contribution in [0.15, 0.2) is 29.6 Å². The van der Waals surface area contributed by atoms with Gasteiger partial charge in [-0.25, -0.2) is 0 Å². The Morgan fingerprint density at radius 1 is 1.26 bits per heavy atom. The van der Waals surface area contributed by atoms with E-state index in [1.54, 1.807) is 0 Å². The zero-order valence-corrected chi connectivity index (χ0v) is 10.6. The predicted octanol–water partition coefficient (Wildman–Crippen LogP) is 4.43. The second kappa shape index (κ2) is 5.05. The van der Waals surface area contributed by atoms with Crippen LogP contribution in [-0.4, -0.2) is 12.6 Å². The Bertz CT molecular complexity index is 602. The summed E-state index contributed by atoms with van der Waals surface area (Å²) >= 11 is 1.46. The molecule has 0 atom stereocenters. The Kier molecular flexibility index (Phi) is 3.61. The number of alkyl halides is 3. The van der Waals surface area contributed by atoms with Crippen LogP contribution in [-0.2, 0) is 0 Å². The van der Waals surface area contributed by atoms with Crippen LogP contribution in [0.3, 0.4) is 0 Å². The molecular formula is C13H9F3O2S. The summed E-state index contributed by atoms with van der Waals surface area (Å²) in [7, 11) is 0.